The van der Waals surface area contributed by atoms with E-state index < -0.39 is 0 Å². The zero-order valence-corrected chi connectivity index (χ0v) is 13.4. The molecule has 0 aliphatic heterocycles. The standard InChI is InChI=1S/C13H17BrCl2N2/c1-9-2-4-13(8-15,5-3-9)18-12-11(16)6-10(14)7-17-12/h6-7,9H,2-5,8H2,1H3,(H,17,18). The summed E-state index contributed by atoms with van der Waals surface area (Å²) in [5.41, 5.74) is -0.0570. The van der Waals surface area contributed by atoms with Crippen LogP contribution in [0, 0.1) is 5.92 Å². The molecule has 0 aromatic carbocycles. The highest BCUT2D eigenvalue weighted by atomic mass is 79.9. The predicted octanol–water partition coefficient (Wildman–Crippen LogP) is 5.10. The van der Waals surface area contributed by atoms with E-state index in [2.05, 4.69) is 33.2 Å². The van der Waals surface area contributed by atoms with Crippen LogP contribution in [0.15, 0.2) is 16.7 Å². The fourth-order valence-corrected chi connectivity index (χ4v) is 3.38. The molecule has 1 fully saturated rings. The summed E-state index contributed by atoms with van der Waals surface area (Å²) in [4.78, 5) is 4.34. The number of anilines is 1. The molecule has 0 radical (unpaired) electrons. The molecule has 5 heteroatoms. The maximum Gasteiger partial charge on any atom is 0.145 e. The van der Waals surface area contributed by atoms with Crippen LogP contribution in [0.25, 0.3) is 0 Å². The van der Waals surface area contributed by atoms with Gasteiger partial charge in [0, 0.05) is 16.5 Å². The summed E-state index contributed by atoms with van der Waals surface area (Å²) < 4.78 is 0.884. The summed E-state index contributed by atoms with van der Waals surface area (Å²) >= 11 is 15.7. The van der Waals surface area contributed by atoms with Gasteiger partial charge in [0.05, 0.1) is 10.6 Å². The Morgan fingerprint density at radius 2 is 2.17 bits per heavy atom. The van der Waals surface area contributed by atoms with Crippen molar-refractivity contribution in [2.24, 2.45) is 5.92 Å². The van der Waals surface area contributed by atoms with Gasteiger partial charge in [-0.1, -0.05) is 18.5 Å². The Morgan fingerprint density at radius 3 is 2.72 bits per heavy atom. The molecule has 0 unspecified atom stereocenters. The first kappa shape index (κ1) is 14.4. The number of nitrogens with one attached hydrogen (secondary N) is 1. The SMILES string of the molecule is CC1CCC(CCl)(Nc2ncc(Br)cc2Cl)CC1. The van der Waals surface area contributed by atoms with Gasteiger partial charge in [0.15, 0.2) is 0 Å². The van der Waals surface area contributed by atoms with Crippen LogP contribution in [0.5, 0.6) is 0 Å². The number of rotatable bonds is 3. The zero-order chi connectivity index (χ0) is 13.2. The molecule has 1 aromatic heterocycles. The number of hydrogen-bond acceptors (Lipinski definition) is 2. The molecule has 2 rings (SSSR count). The molecule has 1 aliphatic carbocycles. The lowest BCUT2D eigenvalue weighted by molar-refractivity contribution is 0.286. The van der Waals surface area contributed by atoms with Gasteiger partial charge in [-0.3, -0.25) is 0 Å². The summed E-state index contributed by atoms with van der Waals surface area (Å²) in [6.45, 7) is 2.29. The third kappa shape index (κ3) is 3.31. The monoisotopic (exact) mass is 350 g/mol. The molecule has 0 saturated heterocycles. The van der Waals surface area contributed by atoms with Crippen molar-refractivity contribution >= 4 is 44.9 Å². The summed E-state index contributed by atoms with van der Waals surface area (Å²) in [7, 11) is 0. The second-order valence-corrected chi connectivity index (χ2v) is 6.80. The summed E-state index contributed by atoms with van der Waals surface area (Å²) in [6, 6.07) is 1.85. The van der Waals surface area contributed by atoms with Crippen LogP contribution in [0.4, 0.5) is 5.82 Å². The molecular formula is C13H17BrCl2N2. The van der Waals surface area contributed by atoms with E-state index in [0.29, 0.717) is 10.9 Å². The molecule has 1 saturated carbocycles. The summed E-state index contributed by atoms with van der Waals surface area (Å²) in [5.74, 6) is 2.11. The molecule has 0 bridgehead atoms. The van der Waals surface area contributed by atoms with Crippen LogP contribution in [0.2, 0.25) is 5.02 Å². The van der Waals surface area contributed by atoms with Gasteiger partial charge in [0.25, 0.3) is 0 Å². The topological polar surface area (TPSA) is 24.9 Å². The van der Waals surface area contributed by atoms with Crippen molar-refractivity contribution in [1.29, 1.82) is 0 Å². The number of halogens is 3. The first-order valence-corrected chi connectivity index (χ1v) is 7.90. The first-order chi connectivity index (χ1) is 8.54. The fourth-order valence-electron chi connectivity index (χ4n) is 2.36. The van der Waals surface area contributed by atoms with E-state index in [9.17, 15) is 0 Å². The van der Waals surface area contributed by atoms with Gasteiger partial charge in [-0.05, 0) is 53.6 Å². The van der Waals surface area contributed by atoms with E-state index in [-0.39, 0.29) is 5.54 Å². The lowest BCUT2D eigenvalue weighted by Gasteiger charge is -2.39. The lowest BCUT2D eigenvalue weighted by Crippen LogP contribution is -2.43. The van der Waals surface area contributed by atoms with Crippen LogP contribution in [0.1, 0.15) is 32.6 Å². The van der Waals surface area contributed by atoms with Crippen LogP contribution in [0.3, 0.4) is 0 Å². The van der Waals surface area contributed by atoms with Crippen molar-refractivity contribution in [2.45, 2.75) is 38.1 Å². The average Bonchev–Trinajstić information content (AvgIpc) is 2.36. The van der Waals surface area contributed by atoms with Crippen LogP contribution < -0.4 is 5.32 Å². The molecule has 100 valence electrons. The van der Waals surface area contributed by atoms with E-state index >= 15 is 0 Å². The van der Waals surface area contributed by atoms with Crippen molar-refractivity contribution in [3.05, 3.63) is 21.8 Å². The average molecular weight is 352 g/mol. The van der Waals surface area contributed by atoms with Gasteiger partial charge >= 0.3 is 0 Å². The highest BCUT2D eigenvalue weighted by Gasteiger charge is 2.34. The quantitative estimate of drug-likeness (QED) is 0.766. The van der Waals surface area contributed by atoms with Gasteiger partial charge in [-0.25, -0.2) is 4.98 Å². The molecule has 0 spiro atoms. The highest BCUT2D eigenvalue weighted by molar-refractivity contribution is 9.10. The maximum absolute atomic E-state index is 6.20. The Morgan fingerprint density at radius 1 is 1.50 bits per heavy atom. The molecule has 2 nitrogen and oxygen atoms in total. The van der Waals surface area contributed by atoms with E-state index in [1.54, 1.807) is 6.20 Å². The third-order valence-corrected chi connectivity index (χ3v) is 4.91. The zero-order valence-electron chi connectivity index (χ0n) is 10.3. The van der Waals surface area contributed by atoms with Gasteiger partial charge in [0.2, 0.25) is 0 Å². The largest absolute Gasteiger partial charge is 0.362 e. The Balaban J connectivity index is 2.15. The molecule has 18 heavy (non-hydrogen) atoms. The number of aromatic nitrogens is 1. The van der Waals surface area contributed by atoms with Crippen LogP contribution >= 0.6 is 39.1 Å². The Labute approximate surface area is 127 Å². The summed E-state index contributed by atoms with van der Waals surface area (Å²) in [6.07, 6.45) is 6.31. The van der Waals surface area contributed by atoms with Crippen molar-refractivity contribution in [1.82, 2.24) is 4.98 Å². The van der Waals surface area contributed by atoms with Crippen LogP contribution in [-0.4, -0.2) is 16.4 Å². The number of alkyl halides is 1. The minimum absolute atomic E-state index is 0.0570. The second-order valence-electron chi connectivity index (χ2n) is 5.21. The Kier molecular flexibility index (Phi) is 4.79. The van der Waals surface area contributed by atoms with Crippen molar-refractivity contribution < 1.29 is 0 Å². The number of nitrogens with zero attached hydrogens (tertiary/aromatic N) is 1. The molecule has 1 aliphatic rings. The minimum Gasteiger partial charge on any atom is -0.362 e. The Bertz CT molecular complexity index is 417. The van der Waals surface area contributed by atoms with E-state index in [1.807, 2.05) is 6.07 Å². The van der Waals surface area contributed by atoms with Crippen LogP contribution in [-0.2, 0) is 0 Å². The van der Waals surface area contributed by atoms with Crippen molar-refractivity contribution in [3.8, 4) is 0 Å². The van der Waals surface area contributed by atoms with E-state index in [4.69, 9.17) is 23.2 Å². The summed E-state index contributed by atoms with van der Waals surface area (Å²) in [5, 5.41) is 4.10. The normalized spacial score (nSPS) is 28.1. The second kappa shape index (κ2) is 5.98. The molecule has 0 atom stereocenters. The molecule has 1 aromatic rings. The first-order valence-electron chi connectivity index (χ1n) is 6.20. The molecule has 1 heterocycles. The van der Waals surface area contributed by atoms with E-state index in [1.165, 1.54) is 12.8 Å². The molecule has 0 amide bonds. The van der Waals surface area contributed by atoms with Gasteiger partial charge in [-0.2, -0.15) is 0 Å². The highest BCUT2D eigenvalue weighted by Crippen LogP contribution is 2.36. The minimum atomic E-state index is -0.0570. The van der Waals surface area contributed by atoms with Crippen molar-refractivity contribution in [2.75, 3.05) is 11.2 Å². The molecular weight excluding hydrogens is 335 g/mol. The predicted molar refractivity (Wildman–Crippen MR) is 81.7 cm³/mol. The maximum atomic E-state index is 6.20. The lowest BCUT2D eigenvalue weighted by atomic mass is 9.78. The number of pyridine rings is 1. The molecule has 1 N–H and O–H groups in total. The smallest absolute Gasteiger partial charge is 0.145 e. The van der Waals surface area contributed by atoms with Gasteiger partial charge in [-0.15, -0.1) is 11.6 Å². The van der Waals surface area contributed by atoms with Gasteiger partial charge in [0.1, 0.15) is 5.82 Å². The number of hydrogen-bond donors (Lipinski definition) is 1. The fraction of sp³-hybridized carbons (Fsp3) is 0.615. The Hall–Kier alpha value is 0.01000. The van der Waals surface area contributed by atoms with E-state index in [0.717, 1.165) is 29.1 Å². The van der Waals surface area contributed by atoms with Gasteiger partial charge < -0.3 is 5.32 Å². The van der Waals surface area contributed by atoms with Crippen molar-refractivity contribution in [3.63, 3.8) is 0 Å². The third-order valence-electron chi connectivity index (χ3n) is 3.68.